The highest BCUT2D eigenvalue weighted by molar-refractivity contribution is 6.30. The van der Waals surface area contributed by atoms with Gasteiger partial charge in [-0.3, -0.25) is 4.79 Å². The van der Waals surface area contributed by atoms with Crippen molar-refractivity contribution in [2.75, 3.05) is 18.5 Å². The molecule has 18 heavy (non-hydrogen) atoms. The second-order valence-corrected chi connectivity index (χ2v) is 4.78. The average molecular weight is 273 g/mol. The van der Waals surface area contributed by atoms with E-state index < -0.39 is 17.3 Å². The fraction of sp³-hybridized carbons (Fsp3) is 0.417. The Bertz CT molecular complexity index is 461. The first kappa shape index (κ1) is 13.3. The van der Waals surface area contributed by atoms with Crippen LogP contribution in [0, 0.1) is 5.82 Å². The molecule has 0 saturated carbocycles. The Morgan fingerprint density at radius 3 is 2.72 bits per heavy atom. The van der Waals surface area contributed by atoms with Crippen LogP contribution in [-0.4, -0.2) is 24.7 Å². The second kappa shape index (κ2) is 5.22. The number of carbonyl (C=O) groups is 1. The van der Waals surface area contributed by atoms with Crippen LogP contribution in [0.1, 0.15) is 12.8 Å². The summed E-state index contributed by atoms with van der Waals surface area (Å²) in [6.45, 7) is 0.875. The Hall–Kier alpha value is -1.17. The molecule has 1 aliphatic rings. The number of anilines is 1. The maximum Gasteiger partial charge on any atom is 0.244 e. The number of amides is 1. The summed E-state index contributed by atoms with van der Waals surface area (Å²) in [7, 11) is 0. The molecule has 1 aromatic rings. The third-order valence-corrected chi connectivity index (χ3v) is 3.25. The van der Waals surface area contributed by atoms with E-state index in [0.29, 0.717) is 26.1 Å². The van der Waals surface area contributed by atoms with Gasteiger partial charge in [0, 0.05) is 18.2 Å². The predicted molar refractivity (Wildman–Crippen MR) is 67.0 cm³/mol. The first-order chi connectivity index (χ1) is 8.51. The number of benzene rings is 1. The topological polar surface area (TPSA) is 64.4 Å². The second-order valence-electron chi connectivity index (χ2n) is 4.35. The maximum atomic E-state index is 13.5. The van der Waals surface area contributed by atoms with Crippen molar-refractivity contribution in [3.63, 3.8) is 0 Å². The molecule has 1 amide bonds. The fourth-order valence-corrected chi connectivity index (χ4v) is 1.96. The van der Waals surface area contributed by atoms with E-state index in [4.69, 9.17) is 22.1 Å². The molecule has 4 nitrogen and oxygen atoms in total. The molecule has 6 heteroatoms. The van der Waals surface area contributed by atoms with E-state index in [1.54, 1.807) is 0 Å². The summed E-state index contributed by atoms with van der Waals surface area (Å²) in [5.41, 5.74) is 5.08. The van der Waals surface area contributed by atoms with Gasteiger partial charge in [-0.05, 0) is 31.0 Å². The number of nitrogens with two attached hydrogens (primary N) is 1. The van der Waals surface area contributed by atoms with Crippen molar-refractivity contribution < 1.29 is 13.9 Å². The quantitative estimate of drug-likeness (QED) is 0.865. The minimum atomic E-state index is -0.996. The third kappa shape index (κ3) is 2.80. The SMILES string of the molecule is NC1(C(=O)Nc2ccc(Cl)cc2F)CCOCC1. The lowest BCUT2D eigenvalue weighted by molar-refractivity contribution is -0.124. The van der Waals surface area contributed by atoms with E-state index in [1.807, 2.05) is 0 Å². The van der Waals surface area contributed by atoms with Crippen molar-refractivity contribution in [3.05, 3.63) is 29.0 Å². The Kier molecular flexibility index (Phi) is 3.85. The number of halogens is 2. The number of rotatable bonds is 2. The summed E-state index contributed by atoms with van der Waals surface area (Å²) in [4.78, 5) is 12.0. The van der Waals surface area contributed by atoms with Gasteiger partial charge in [0.1, 0.15) is 11.4 Å². The molecule has 0 aliphatic carbocycles. The largest absolute Gasteiger partial charge is 0.381 e. The third-order valence-electron chi connectivity index (χ3n) is 3.02. The van der Waals surface area contributed by atoms with Crippen molar-refractivity contribution in [1.82, 2.24) is 0 Å². The first-order valence-corrected chi connectivity index (χ1v) is 6.02. The van der Waals surface area contributed by atoms with E-state index in [-0.39, 0.29) is 10.7 Å². The minimum absolute atomic E-state index is 0.0840. The highest BCUT2D eigenvalue weighted by atomic mass is 35.5. The molecule has 0 bridgehead atoms. The molecule has 1 aliphatic heterocycles. The van der Waals surface area contributed by atoms with Crippen molar-refractivity contribution in [1.29, 1.82) is 0 Å². The zero-order valence-corrected chi connectivity index (χ0v) is 10.5. The van der Waals surface area contributed by atoms with E-state index in [1.165, 1.54) is 12.1 Å². The van der Waals surface area contributed by atoms with Crippen LogP contribution < -0.4 is 11.1 Å². The Morgan fingerprint density at radius 2 is 2.11 bits per heavy atom. The summed E-state index contributed by atoms with van der Waals surface area (Å²) in [6, 6.07) is 4.07. The number of carbonyl (C=O) groups excluding carboxylic acids is 1. The van der Waals surface area contributed by atoms with Crippen molar-refractivity contribution in [2.45, 2.75) is 18.4 Å². The molecule has 0 radical (unpaired) electrons. The highest BCUT2D eigenvalue weighted by Crippen LogP contribution is 2.23. The Balaban J connectivity index is 2.11. The van der Waals surface area contributed by atoms with Crippen LogP contribution in [0.5, 0.6) is 0 Å². The van der Waals surface area contributed by atoms with E-state index in [2.05, 4.69) is 5.32 Å². The van der Waals surface area contributed by atoms with Crippen molar-refractivity contribution >= 4 is 23.2 Å². The molecule has 98 valence electrons. The van der Waals surface area contributed by atoms with E-state index in [9.17, 15) is 9.18 Å². The summed E-state index contributed by atoms with van der Waals surface area (Å²) < 4.78 is 18.7. The number of ether oxygens (including phenoxy) is 1. The van der Waals surface area contributed by atoms with Crippen LogP contribution in [0.2, 0.25) is 5.02 Å². The van der Waals surface area contributed by atoms with Crippen LogP contribution in [0.3, 0.4) is 0 Å². The van der Waals surface area contributed by atoms with Gasteiger partial charge < -0.3 is 15.8 Å². The molecule has 0 atom stereocenters. The average Bonchev–Trinajstić information content (AvgIpc) is 2.33. The molecule has 2 rings (SSSR count). The van der Waals surface area contributed by atoms with Gasteiger partial charge >= 0.3 is 0 Å². The first-order valence-electron chi connectivity index (χ1n) is 5.64. The number of hydrogen-bond acceptors (Lipinski definition) is 3. The monoisotopic (exact) mass is 272 g/mol. The Morgan fingerprint density at radius 1 is 1.44 bits per heavy atom. The molecule has 1 heterocycles. The molecule has 1 saturated heterocycles. The zero-order valence-electron chi connectivity index (χ0n) is 9.71. The van der Waals surface area contributed by atoms with Gasteiger partial charge in [0.15, 0.2) is 0 Å². The summed E-state index contributed by atoms with van der Waals surface area (Å²) >= 11 is 5.64. The van der Waals surface area contributed by atoms with Crippen molar-refractivity contribution in [3.8, 4) is 0 Å². The summed E-state index contributed by atoms with van der Waals surface area (Å²) in [5, 5.41) is 2.77. The zero-order chi connectivity index (χ0) is 13.2. The molecule has 1 fully saturated rings. The van der Waals surface area contributed by atoms with Crippen LogP contribution in [0.4, 0.5) is 10.1 Å². The van der Waals surface area contributed by atoms with Crippen LogP contribution in [0.15, 0.2) is 18.2 Å². The van der Waals surface area contributed by atoms with Gasteiger partial charge in [-0.15, -0.1) is 0 Å². The fourth-order valence-electron chi connectivity index (χ4n) is 1.80. The highest BCUT2D eigenvalue weighted by Gasteiger charge is 2.36. The summed E-state index contributed by atoms with van der Waals surface area (Å²) in [5.74, 6) is -0.974. The van der Waals surface area contributed by atoms with Gasteiger partial charge in [-0.2, -0.15) is 0 Å². The molecule has 0 spiro atoms. The van der Waals surface area contributed by atoms with Crippen LogP contribution in [0.25, 0.3) is 0 Å². The maximum absolute atomic E-state index is 13.5. The van der Waals surface area contributed by atoms with Gasteiger partial charge in [0.2, 0.25) is 5.91 Å². The smallest absolute Gasteiger partial charge is 0.244 e. The lowest BCUT2D eigenvalue weighted by Gasteiger charge is -2.31. The molecule has 0 unspecified atom stereocenters. The lowest BCUT2D eigenvalue weighted by atomic mass is 9.90. The Labute approximate surface area is 109 Å². The van der Waals surface area contributed by atoms with Gasteiger partial charge in [-0.25, -0.2) is 4.39 Å². The van der Waals surface area contributed by atoms with Gasteiger partial charge in [0.05, 0.1) is 5.69 Å². The van der Waals surface area contributed by atoms with Crippen LogP contribution in [-0.2, 0) is 9.53 Å². The van der Waals surface area contributed by atoms with Gasteiger partial charge in [-0.1, -0.05) is 11.6 Å². The van der Waals surface area contributed by atoms with E-state index >= 15 is 0 Å². The van der Waals surface area contributed by atoms with Crippen LogP contribution >= 0.6 is 11.6 Å². The standard InChI is InChI=1S/C12H14ClFN2O2/c13-8-1-2-10(9(14)7-8)16-11(17)12(15)3-5-18-6-4-12/h1-2,7H,3-6,15H2,(H,16,17). The molecule has 1 aromatic carbocycles. The van der Waals surface area contributed by atoms with E-state index in [0.717, 1.165) is 6.07 Å². The number of hydrogen-bond donors (Lipinski definition) is 2. The summed E-state index contributed by atoms with van der Waals surface area (Å²) in [6.07, 6.45) is 0.849. The minimum Gasteiger partial charge on any atom is -0.381 e. The van der Waals surface area contributed by atoms with Gasteiger partial charge in [0.25, 0.3) is 0 Å². The number of nitrogens with one attached hydrogen (secondary N) is 1. The predicted octanol–water partition coefficient (Wildman–Crippen LogP) is 1.93. The lowest BCUT2D eigenvalue weighted by Crippen LogP contribution is -2.54. The molecule has 3 N–H and O–H groups in total. The normalized spacial score (nSPS) is 18.4. The molecular formula is C12H14ClFN2O2. The molecule has 0 aromatic heterocycles. The molecular weight excluding hydrogens is 259 g/mol. The van der Waals surface area contributed by atoms with Crippen molar-refractivity contribution in [2.24, 2.45) is 5.73 Å².